The van der Waals surface area contributed by atoms with Gasteiger partial charge in [-0.3, -0.25) is 14.9 Å². The van der Waals surface area contributed by atoms with Gasteiger partial charge in [-0.1, -0.05) is 24.3 Å². The highest BCUT2D eigenvalue weighted by Gasteiger charge is 2.28. The SMILES string of the molecule is O=C(c1ccccc1OCc1ccc(F)cc1)N1CCc2cc([N+](=O)[O-])ccc21. The van der Waals surface area contributed by atoms with E-state index in [1.807, 2.05) is 0 Å². The minimum atomic E-state index is -0.441. The molecule has 1 amide bonds. The molecule has 0 unspecified atom stereocenters. The average Bonchev–Trinajstić information content (AvgIpc) is 3.16. The Kier molecular flexibility index (Phi) is 4.95. The summed E-state index contributed by atoms with van der Waals surface area (Å²) >= 11 is 0. The topological polar surface area (TPSA) is 72.7 Å². The molecule has 3 aromatic rings. The Morgan fingerprint density at radius 3 is 2.62 bits per heavy atom. The molecule has 0 bridgehead atoms. The molecular formula is C22H17FN2O4. The largest absolute Gasteiger partial charge is 0.488 e. The number of carbonyl (C=O) groups excluding carboxylic acids is 1. The van der Waals surface area contributed by atoms with Crippen molar-refractivity contribution in [1.82, 2.24) is 0 Å². The monoisotopic (exact) mass is 392 g/mol. The third-order valence-electron chi connectivity index (χ3n) is 4.84. The normalized spacial score (nSPS) is 12.5. The maximum atomic E-state index is 13.2. The second kappa shape index (κ2) is 7.71. The van der Waals surface area contributed by atoms with E-state index in [0.717, 1.165) is 11.1 Å². The zero-order valence-corrected chi connectivity index (χ0v) is 15.4. The fourth-order valence-electron chi connectivity index (χ4n) is 3.37. The van der Waals surface area contributed by atoms with Crippen molar-refractivity contribution in [2.45, 2.75) is 13.0 Å². The lowest BCUT2D eigenvalue weighted by Crippen LogP contribution is -2.29. The number of benzene rings is 3. The van der Waals surface area contributed by atoms with Gasteiger partial charge in [-0.25, -0.2) is 4.39 Å². The van der Waals surface area contributed by atoms with Crippen LogP contribution in [0.2, 0.25) is 0 Å². The van der Waals surface area contributed by atoms with Crippen LogP contribution in [0.4, 0.5) is 15.8 Å². The first-order valence-corrected chi connectivity index (χ1v) is 9.08. The van der Waals surface area contributed by atoms with Crippen molar-refractivity contribution in [3.05, 3.63) is 99.4 Å². The van der Waals surface area contributed by atoms with E-state index < -0.39 is 4.92 Å². The smallest absolute Gasteiger partial charge is 0.269 e. The molecule has 4 rings (SSSR count). The first-order valence-electron chi connectivity index (χ1n) is 9.08. The quantitative estimate of drug-likeness (QED) is 0.473. The van der Waals surface area contributed by atoms with E-state index in [0.29, 0.717) is 30.0 Å². The summed E-state index contributed by atoms with van der Waals surface area (Å²) in [6.45, 7) is 0.648. The maximum absolute atomic E-state index is 13.2. The second-order valence-electron chi connectivity index (χ2n) is 6.69. The highest BCUT2D eigenvalue weighted by molar-refractivity contribution is 6.09. The summed E-state index contributed by atoms with van der Waals surface area (Å²) in [6, 6.07) is 17.4. The van der Waals surface area contributed by atoms with Gasteiger partial charge in [0.15, 0.2) is 0 Å². The molecule has 0 atom stereocenters. The van der Waals surface area contributed by atoms with Crippen LogP contribution < -0.4 is 9.64 Å². The number of rotatable bonds is 5. The number of ether oxygens (including phenoxy) is 1. The van der Waals surface area contributed by atoms with Gasteiger partial charge in [0.1, 0.15) is 18.2 Å². The molecule has 7 heteroatoms. The van der Waals surface area contributed by atoms with E-state index in [1.165, 1.54) is 24.3 Å². The molecule has 146 valence electrons. The van der Waals surface area contributed by atoms with E-state index in [2.05, 4.69) is 0 Å². The van der Waals surface area contributed by atoms with E-state index >= 15 is 0 Å². The van der Waals surface area contributed by atoms with E-state index in [9.17, 15) is 19.3 Å². The molecule has 0 N–H and O–H groups in total. The van der Waals surface area contributed by atoms with Crippen LogP contribution in [0.1, 0.15) is 21.5 Å². The molecule has 0 spiro atoms. The van der Waals surface area contributed by atoms with Crippen molar-refractivity contribution in [3.8, 4) is 5.75 Å². The third kappa shape index (κ3) is 3.80. The highest BCUT2D eigenvalue weighted by Crippen LogP contribution is 2.33. The number of para-hydroxylation sites is 1. The fraction of sp³-hybridized carbons (Fsp3) is 0.136. The van der Waals surface area contributed by atoms with Crippen LogP contribution in [0, 0.1) is 15.9 Å². The molecule has 0 saturated carbocycles. The summed E-state index contributed by atoms with van der Waals surface area (Å²) in [4.78, 5) is 25.3. The average molecular weight is 392 g/mol. The molecule has 0 aliphatic carbocycles. The minimum absolute atomic E-state index is 0.0149. The number of anilines is 1. The molecule has 0 radical (unpaired) electrons. The van der Waals surface area contributed by atoms with Gasteiger partial charge in [-0.05, 0) is 47.9 Å². The Morgan fingerprint density at radius 1 is 1.10 bits per heavy atom. The molecule has 6 nitrogen and oxygen atoms in total. The number of nitrogens with zero attached hydrogens (tertiary/aromatic N) is 2. The van der Waals surface area contributed by atoms with Gasteiger partial charge in [0.05, 0.1) is 10.5 Å². The lowest BCUT2D eigenvalue weighted by atomic mass is 10.1. The van der Waals surface area contributed by atoms with E-state index in [4.69, 9.17) is 4.74 Å². The van der Waals surface area contributed by atoms with Gasteiger partial charge in [0.2, 0.25) is 0 Å². The number of nitro benzene ring substituents is 1. The highest BCUT2D eigenvalue weighted by atomic mass is 19.1. The molecule has 0 aromatic heterocycles. The Labute approximate surface area is 166 Å². The van der Waals surface area contributed by atoms with Crippen LogP contribution in [0.3, 0.4) is 0 Å². The first kappa shape index (κ1) is 18.6. The zero-order chi connectivity index (χ0) is 20.4. The van der Waals surface area contributed by atoms with Gasteiger partial charge < -0.3 is 9.64 Å². The van der Waals surface area contributed by atoms with Crippen LogP contribution in [-0.2, 0) is 13.0 Å². The Hall–Kier alpha value is -3.74. The third-order valence-corrected chi connectivity index (χ3v) is 4.84. The number of nitro groups is 1. The fourth-order valence-corrected chi connectivity index (χ4v) is 3.37. The van der Waals surface area contributed by atoms with Crippen molar-refractivity contribution >= 4 is 17.3 Å². The van der Waals surface area contributed by atoms with E-state index in [-0.39, 0.29) is 24.0 Å². The Balaban J connectivity index is 1.56. The van der Waals surface area contributed by atoms with Crippen molar-refractivity contribution in [2.75, 3.05) is 11.4 Å². The van der Waals surface area contributed by atoms with Crippen molar-refractivity contribution in [2.24, 2.45) is 0 Å². The van der Waals surface area contributed by atoms with Crippen molar-refractivity contribution < 1.29 is 18.8 Å². The number of hydrogen-bond acceptors (Lipinski definition) is 4. The van der Waals surface area contributed by atoms with Crippen LogP contribution in [0.5, 0.6) is 5.75 Å². The molecule has 29 heavy (non-hydrogen) atoms. The standard InChI is InChI=1S/C22H17FN2O4/c23-17-7-5-15(6-8-17)14-29-21-4-2-1-3-19(21)22(26)24-12-11-16-13-18(25(27)28)9-10-20(16)24/h1-10,13H,11-12,14H2. The molecule has 3 aromatic carbocycles. The number of hydrogen-bond donors (Lipinski definition) is 0. The van der Waals surface area contributed by atoms with Gasteiger partial charge in [0.25, 0.3) is 11.6 Å². The lowest BCUT2D eigenvalue weighted by Gasteiger charge is -2.19. The van der Waals surface area contributed by atoms with Gasteiger partial charge in [-0.2, -0.15) is 0 Å². The van der Waals surface area contributed by atoms with Crippen molar-refractivity contribution in [1.29, 1.82) is 0 Å². The summed E-state index contributed by atoms with van der Waals surface area (Å²) in [5.74, 6) is -0.123. The molecule has 0 fully saturated rings. The van der Waals surface area contributed by atoms with Gasteiger partial charge in [0, 0.05) is 24.4 Å². The number of carbonyl (C=O) groups is 1. The van der Waals surface area contributed by atoms with Crippen LogP contribution in [0.25, 0.3) is 0 Å². The Morgan fingerprint density at radius 2 is 1.86 bits per heavy atom. The first-order chi connectivity index (χ1) is 14.0. The molecule has 0 saturated heterocycles. The summed E-state index contributed by atoms with van der Waals surface area (Å²) in [7, 11) is 0. The predicted molar refractivity (Wildman–Crippen MR) is 106 cm³/mol. The predicted octanol–water partition coefficient (Wildman–Crippen LogP) is 4.52. The summed E-state index contributed by atoms with van der Waals surface area (Å²) in [5, 5.41) is 11.0. The van der Waals surface area contributed by atoms with E-state index in [1.54, 1.807) is 47.4 Å². The zero-order valence-electron chi connectivity index (χ0n) is 15.4. The summed E-state index contributed by atoms with van der Waals surface area (Å²) in [5.41, 5.74) is 2.65. The summed E-state index contributed by atoms with van der Waals surface area (Å²) in [6.07, 6.45) is 0.557. The lowest BCUT2D eigenvalue weighted by molar-refractivity contribution is -0.384. The molecule has 1 aliphatic heterocycles. The number of halogens is 1. The number of amides is 1. The van der Waals surface area contributed by atoms with Crippen LogP contribution in [-0.4, -0.2) is 17.4 Å². The Bertz CT molecular complexity index is 1080. The van der Waals surface area contributed by atoms with Gasteiger partial charge in [-0.15, -0.1) is 0 Å². The molecule has 1 aliphatic rings. The molecule has 1 heterocycles. The maximum Gasteiger partial charge on any atom is 0.269 e. The summed E-state index contributed by atoms with van der Waals surface area (Å²) < 4.78 is 18.9. The van der Waals surface area contributed by atoms with Crippen molar-refractivity contribution in [3.63, 3.8) is 0 Å². The number of fused-ring (bicyclic) bond motifs is 1. The van der Waals surface area contributed by atoms with Crippen LogP contribution in [0.15, 0.2) is 66.7 Å². The second-order valence-corrected chi connectivity index (χ2v) is 6.69. The molecular weight excluding hydrogens is 375 g/mol. The van der Waals surface area contributed by atoms with Crippen LogP contribution >= 0.6 is 0 Å². The van der Waals surface area contributed by atoms with Gasteiger partial charge >= 0.3 is 0 Å². The minimum Gasteiger partial charge on any atom is -0.488 e. The number of non-ortho nitro benzene ring substituents is 1.